The summed E-state index contributed by atoms with van der Waals surface area (Å²) in [5.74, 6) is 0. The second-order valence-corrected chi connectivity index (χ2v) is 3.88. The second-order valence-electron chi connectivity index (χ2n) is 3.88. The molecule has 0 spiro atoms. The molecule has 2 aromatic heterocycles. The van der Waals surface area contributed by atoms with Gasteiger partial charge in [0.15, 0.2) is 0 Å². The zero-order chi connectivity index (χ0) is 16.0. The minimum atomic E-state index is 1.08. The van der Waals surface area contributed by atoms with E-state index in [0.29, 0.717) is 0 Å². The van der Waals surface area contributed by atoms with E-state index in [9.17, 15) is 0 Å². The number of rotatable bonds is 0. The summed E-state index contributed by atoms with van der Waals surface area (Å²) in [6, 6.07) is 8.07. The van der Waals surface area contributed by atoms with Crippen molar-refractivity contribution < 1.29 is 0 Å². The summed E-state index contributed by atoms with van der Waals surface area (Å²) in [6.07, 6.45) is 3.68. The molecule has 0 bridgehead atoms. The normalized spacial score (nSPS) is 8.00. The third kappa shape index (κ3) is 10.2. The van der Waals surface area contributed by atoms with E-state index < -0.39 is 0 Å². The van der Waals surface area contributed by atoms with Gasteiger partial charge in [0.1, 0.15) is 0 Å². The van der Waals surface area contributed by atoms with Crippen LogP contribution >= 0.6 is 0 Å². The third-order valence-corrected chi connectivity index (χ3v) is 2.33. The molecule has 20 heavy (non-hydrogen) atoms. The van der Waals surface area contributed by atoms with Gasteiger partial charge in [0, 0.05) is 23.8 Å². The van der Waals surface area contributed by atoms with Crippen LogP contribution in [-0.2, 0) is 0 Å². The Balaban J connectivity index is 0. The van der Waals surface area contributed by atoms with Gasteiger partial charge < -0.3 is 0 Å². The molecule has 0 unspecified atom stereocenters. The van der Waals surface area contributed by atoms with Crippen molar-refractivity contribution >= 4 is 0 Å². The molecular formula is C18H30N2. The van der Waals surface area contributed by atoms with Gasteiger partial charge in [0.25, 0.3) is 0 Å². The molecule has 0 aliphatic heterocycles. The van der Waals surface area contributed by atoms with Crippen LogP contribution < -0.4 is 0 Å². The van der Waals surface area contributed by atoms with Crippen molar-refractivity contribution in [2.24, 2.45) is 0 Å². The minimum Gasteiger partial charge on any atom is -0.261 e. The van der Waals surface area contributed by atoms with Crippen molar-refractivity contribution in [1.29, 1.82) is 0 Å². The van der Waals surface area contributed by atoms with Gasteiger partial charge in [-0.15, -0.1) is 0 Å². The summed E-state index contributed by atoms with van der Waals surface area (Å²) in [5, 5.41) is 0. The first-order valence-electron chi connectivity index (χ1n) is 7.37. The lowest BCUT2D eigenvalue weighted by Gasteiger charge is -1.92. The Morgan fingerprint density at radius 1 is 0.750 bits per heavy atom. The zero-order valence-corrected chi connectivity index (χ0v) is 14.4. The topological polar surface area (TPSA) is 25.8 Å². The fraction of sp³-hybridized carbons (Fsp3) is 0.444. The van der Waals surface area contributed by atoms with Crippen molar-refractivity contribution in [2.75, 3.05) is 0 Å². The quantitative estimate of drug-likeness (QED) is 0.638. The molecule has 0 saturated carbocycles. The van der Waals surface area contributed by atoms with Crippen molar-refractivity contribution in [3.8, 4) is 0 Å². The molecule has 2 aromatic rings. The molecule has 2 rings (SSSR count). The number of aryl methyl sites for hydroxylation is 4. The summed E-state index contributed by atoms with van der Waals surface area (Å²) in [6.45, 7) is 16.1. The van der Waals surface area contributed by atoms with Gasteiger partial charge in [-0.05, 0) is 51.0 Å². The molecule has 2 heteroatoms. The highest BCUT2D eigenvalue weighted by molar-refractivity contribution is 5.15. The highest BCUT2D eigenvalue weighted by atomic mass is 14.7. The fourth-order valence-corrected chi connectivity index (χ4v) is 1.11. The van der Waals surface area contributed by atoms with Crippen LogP contribution in [0.2, 0.25) is 0 Å². The van der Waals surface area contributed by atoms with Crippen molar-refractivity contribution in [2.45, 2.75) is 55.4 Å². The molecule has 0 N–H and O–H groups in total. The summed E-state index contributed by atoms with van der Waals surface area (Å²) in [7, 11) is 0. The largest absolute Gasteiger partial charge is 0.261 e. The second kappa shape index (κ2) is 13.7. The molecule has 2 nitrogen and oxygen atoms in total. The van der Waals surface area contributed by atoms with Gasteiger partial charge in [0.05, 0.1) is 0 Å². The predicted molar refractivity (Wildman–Crippen MR) is 90.1 cm³/mol. The number of aromatic nitrogens is 2. The maximum absolute atomic E-state index is 4.08. The first-order chi connectivity index (χ1) is 9.59. The van der Waals surface area contributed by atoms with Gasteiger partial charge in [0.2, 0.25) is 0 Å². The van der Waals surface area contributed by atoms with Crippen LogP contribution in [0, 0.1) is 27.7 Å². The van der Waals surface area contributed by atoms with Crippen LogP contribution in [0.4, 0.5) is 0 Å². The maximum Gasteiger partial charge on any atom is 0.0401 e. The predicted octanol–water partition coefficient (Wildman–Crippen LogP) is 5.45. The van der Waals surface area contributed by atoms with E-state index in [-0.39, 0.29) is 0 Å². The Bertz CT molecular complexity index is 391. The van der Waals surface area contributed by atoms with Gasteiger partial charge in [-0.3, -0.25) is 9.97 Å². The molecule has 112 valence electrons. The van der Waals surface area contributed by atoms with E-state index in [0.717, 1.165) is 11.4 Å². The molecule has 0 fully saturated rings. The SMILES string of the molecule is CC.CC.Cc1ccc(C)nc1.Cc1cccnc1C. The molecule has 0 amide bonds. The Morgan fingerprint density at radius 2 is 1.35 bits per heavy atom. The van der Waals surface area contributed by atoms with Gasteiger partial charge in [-0.2, -0.15) is 0 Å². The lowest BCUT2D eigenvalue weighted by molar-refractivity contribution is 1.15. The minimum absolute atomic E-state index is 1.08. The molecular weight excluding hydrogens is 244 g/mol. The van der Waals surface area contributed by atoms with Crippen LogP contribution in [0.3, 0.4) is 0 Å². The Labute approximate surface area is 125 Å². The van der Waals surface area contributed by atoms with Crippen LogP contribution in [0.15, 0.2) is 36.7 Å². The van der Waals surface area contributed by atoms with Crippen LogP contribution in [0.5, 0.6) is 0 Å². The summed E-state index contributed by atoms with van der Waals surface area (Å²) >= 11 is 0. The summed E-state index contributed by atoms with van der Waals surface area (Å²) < 4.78 is 0. The van der Waals surface area contributed by atoms with Crippen molar-refractivity contribution in [3.63, 3.8) is 0 Å². The van der Waals surface area contributed by atoms with E-state index in [4.69, 9.17) is 0 Å². The zero-order valence-electron chi connectivity index (χ0n) is 14.4. The molecule has 0 aromatic carbocycles. The van der Waals surface area contributed by atoms with Gasteiger partial charge in [-0.1, -0.05) is 39.8 Å². The highest BCUT2D eigenvalue weighted by Crippen LogP contribution is 1.98. The summed E-state index contributed by atoms with van der Waals surface area (Å²) in [4.78, 5) is 8.16. The van der Waals surface area contributed by atoms with Crippen LogP contribution in [0.25, 0.3) is 0 Å². The van der Waals surface area contributed by atoms with E-state index >= 15 is 0 Å². The van der Waals surface area contributed by atoms with Crippen molar-refractivity contribution in [3.05, 3.63) is 59.2 Å². The lowest BCUT2D eigenvalue weighted by atomic mass is 10.2. The monoisotopic (exact) mass is 274 g/mol. The van der Waals surface area contributed by atoms with Crippen molar-refractivity contribution in [1.82, 2.24) is 9.97 Å². The maximum atomic E-state index is 4.08. The highest BCUT2D eigenvalue weighted by Gasteiger charge is 1.85. The van der Waals surface area contributed by atoms with Gasteiger partial charge in [-0.25, -0.2) is 0 Å². The Kier molecular flexibility index (Phi) is 14.1. The van der Waals surface area contributed by atoms with Crippen LogP contribution in [-0.4, -0.2) is 9.97 Å². The molecule has 0 atom stereocenters. The lowest BCUT2D eigenvalue weighted by Crippen LogP contribution is -1.81. The molecule has 0 radical (unpaired) electrons. The van der Waals surface area contributed by atoms with E-state index in [1.54, 1.807) is 0 Å². The van der Waals surface area contributed by atoms with E-state index in [1.165, 1.54) is 11.1 Å². The number of hydrogen-bond donors (Lipinski definition) is 0. The van der Waals surface area contributed by atoms with E-state index in [1.807, 2.05) is 73.0 Å². The standard InChI is InChI=1S/2C7H9N.2C2H6/c1-6-3-4-7(2)8-5-6;1-6-4-3-5-8-7(6)2;2*1-2/h2*3-5H,1-2H3;2*1-2H3. The summed E-state index contributed by atoms with van der Waals surface area (Å²) in [5.41, 5.74) is 4.67. The fourth-order valence-electron chi connectivity index (χ4n) is 1.11. The van der Waals surface area contributed by atoms with E-state index in [2.05, 4.69) is 29.0 Å². The average Bonchev–Trinajstić information content (AvgIpc) is 2.50. The number of hydrogen-bond acceptors (Lipinski definition) is 2. The molecule has 0 aliphatic rings. The third-order valence-electron chi connectivity index (χ3n) is 2.33. The molecule has 0 saturated heterocycles. The number of nitrogens with zero attached hydrogens (tertiary/aromatic N) is 2. The number of pyridine rings is 2. The average molecular weight is 274 g/mol. The molecule has 2 heterocycles. The van der Waals surface area contributed by atoms with Gasteiger partial charge >= 0.3 is 0 Å². The first kappa shape index (κ1) is 20.6. The van der Waals surface area contributed by atoms with Crippen LogP contribution in [0.1, 0.15) is 50.2 Å². The smallest absolute Gasteiger partial charge is 0.0401 e. The first-order valence-corrected chi connectivity index (χ1v) is 7.37. The molecule has 0 aliphatic carbocycles. The Hall–Kier alpha value is -1.70. The Morgan fingerprint density at radius 3 is 1.65 bits per heavy atom.